The molecule has 0 heterocycles. The number of aryl methyl sites for hydroxylation is 1. The number of benzene rings is 2. The van der Waals surface area contributed by atoms with Crippen molar-refractivity contribution in [2.75, 3.05) is 6.54 Å². The largest absolute Gasteiger partial charge is 0.355 e. The van der Waals surface area contributed by atoms with Gasteiger partial charge in [-0.3, -0.25) is 4.79 Å². The summed E-state index contributed by atoms with van der Waals surface area (Å²) in [6.45, 7) is 2.73. The lowest BCUT2D eigenvalue weighted by Crippen LogP contribution is -2.27. The number of hydrogen-bond donors (Lipinski definition) is 1. The maximum absolute atomic E-state index is 11.9. The summed E-state index contributed by atoms with van der Waals surface area (Å²) < 4.78 is 0. The first-order valence-electron chi connectivity index (χ1n) is 6.71. The van der Waals surface area contributed by atoms with Crippen LogP contribution in [0, 0.1) is 6.92 Å². The molecule has 0 bridgehead atoms. The molecule has 1 N–H and O–H groups in total. The average Bonchev–Trinajstić information content (AvgIpc) is 2.43. The van der Waals surface area contributed by atoms with Gasteiger partial charge >= 0.3 is 0 Å². The smallest absolute Gasteiger partial charge is 0.224 e. The van der Waals surface area contributed by atoms with E-state index >= 15 is 0 Å². The minimum Gasteiger partial charge on any atom is -0.355 e. The Labute approximate surface area is 124 Å². The first kappa shape index (κ1) is 14.6. The van der Waals surface area contributed by atoms with E-state index in [2.05, 4.69) is 24.4 Å². The van der Waals surface area contributed by atoms with E-state index in [1.807, 2.05) is 30.3 Å². The van der Waals surface area contributed by atoms with Gasteiger partial charge in [-0.25, -0.2) is 0 Å². The molecule has 0 radical (unpaired) electrons. The molecule has 2 aromatic carbocycles. The average molecular weight is 288 g/mol. The summed E-state index contributed by atoms with van der Waals surface area (Å²) in [7, 11) is 0. The number of carbonyl (C=O) groups is 1. The van der Waals surface area contributed by atoms with Crippen molar-refractivity contribution in [1.82, 2.24) is 5.32 Å². The summed E-state index contributed by atoms with van der Waals surface area (Å²) in [6.07, 6.45) is 1.17. The highest BCUT2D eigenvalue weighted by Gasteiger charge is 2.06. The second-order valence-corrected chi connectivity index (χ2v) is 5.20. The second-order valence-electron chi connectivity index (χ2n) is 4.79. The number of hydrogen-bond acceptors (Lipinski definition) is 1. The van der Waals surface area contributed by atoms with E-state index in [-0.39, 0.29) is 5.91 Å². The van der Waals surface area contributed by atoms with Crippen LogP contribution in [0.25, 0.3) is 0 Å². The van der Waals surface area contributed by atoms with Crippen molar-refractivity contribution in [3.8, 4) is 0 Å². The van der Waals surface area contributed by atoms with Gasteiger partial charge in [-0.2, -0.15) is 0 Å². The Bertz CT molecular complexity index is 595. The maximum Gasteiger partial charge on any atom is 0.224 e. The zero-order valence-corrected chi connectivity index (χ0v) is 12.3. The van der Waals surface area contributed by atoms with Crippen molar-refractivity contribution in [2.45, 2.75) is 19.8 Å². The van der Waals surface area contributed by atoms with Crippen LogP contribution >= 0.6 is 11.6 Å². The van der Waals surface area contributed by atoms with Crippen LogP contribution in [0.2, 0.25) is 5.02 Å². The van der Waals surface area contributed by atoms with Gasteiger partial charge in [0.2, 0.25) is 5.91 Å². The van der Waals surface area contributed by atoms with Gasteiger partial charge in [-0.15, -0.1) is 0 Å². The van der Waals surface area contributed by atoms with E-state index in [1.165, 1.54) is 11.1 Å². The van der Waals surface area contributed by atoms with Crippen molar-refractivity contribution in [1.29, 1.82) is 0 Å². The predicted octanol–water partition coefficient (Wildman–Crippen LogP) is 3.55. The molecule has 0 aliphatic rings. The first-order chi connectivity index (χ1) is 9.66. The van der Waals surface area contributed by atoms with Crippen molar-refractivity contribution in [3.05, 3.63) is 70.2 Å². The highest BCUT2D eigenvalue weighted by Crippen LogP contribution is 2.15. The fourth-order valence-electron chi connectivity index (χ4n) is 2.10. The van der Waals surface area contributed by atoms with Crippen LogP contribution in [0.3, 0.4) is 0 Å². The van der Waals surface area contributed by atoms with Crippen LogP contribution in [0.1, 0.15) is 16.7 Å². The highest BCUT2D eigenvalue weighted by molar-refractivity contribution is 6.31. The minimum atomic E-state index is 0.00619. The monoisotopic (exact) mass is 287 g/mol. The zero-order valence-electron chi connectivity index (χ0n) is 11.5. The molecule has 1 amide bonds. The molecule has 0 fully saturated rings. The van der Waals surface area contributed by atoms with Gasteiger partial charge < -0.3 is 5.32 Å². The van der Waals surface area contributed by atoms with Crippen molar-refractivity contribution < 1.29 is 4.79 Å². The van der Waals surface area contributed by atoms with E-state index in [1.54, 1.807) is 6.07 Å². The third-order valence-corrected chi connectivity index (χ3v) is 3.66. The summed E-state index contributed by atoms with van der Waals surface area (Å²) in [5.74, 6) is 0.00619. The predicted molar refractivity (Wildman–Crippen MR) is 83.0 cm³/mol. The highest BCUT2D eigenvalue weighted by atomic mass is 35.5. The van der Waals surface area contributed by atoms with Crippen LogP contribution in [-0.4, -0.2) is 12.5 Å². The Morgan fingerprint density at radius 2 is 1.70 bits per heavy atom. The Balaban J connectivity index is 1.82. The summed E-state index contributed by atoms with van der Waals surface area (Å²) in [4.78, 5) is 11.9. The molecule has 3 heteroatoms. The lowest BCUT2D eigenvalue weighted by Gasteiger charge is -2.08. The molecule has 0 saturated heterocycles. The molecular weight excluding hydrogens is 270 g/mol. The van der Waals surface area contributed by atoms with Crippen LogP contribution in [-0.2, 0) is 17.6 Å². The van der Waals surface area contributed by atoms with Crippen molar-refractivity contribution >= 4 is 17.5 Å². The number of nitrogens with one attached hydrogen (secondary N) is 1. The van der Waals surface area contributed by atoms with Gasteiger partial charge in [-0.1, -0.05) is 54.1 Å². The molecule has 0 aliphatic heterocycles. The van der Waals surface area contributed by atoms with Crippen LogP contribution in [0.4, 0.5) is 0 Å². The molecule has 20 heavy (non-hydrogen) atoms. The number of carbonyl (C=O) groups excluding carboxylic acids is 1. The number of amides is 1. The summed E-state index contributed by atoms with van der Waals surface area (Å²) in [5.41, 5.74) is 3.39. The van der Waals surface area contributed by atoms with Gasteiger partial charge in [0, 0.05) is 11.6 Å². The third-order valence-electron chi connectivity index (χ3n) is 3.29. The normalized spacial score (nSPS) is 10.3. The lowest BCUT2D eigenvalue weighted by molar-refractivity contribution is -0.120. The van der Waals surface area contributed by atoms with Gasteiger partial charge in [0.15, 0.2) is 0 Å². The van der Waals surface area contributed by atoms with Gasteiger partial charge in [0.1, 0.15) is 0 Å². The van der Waals surface area contributed by atoms with E-state index in [0.717, 1.165) is 12.0 Å². The van der Waals surface area contributed by atoms with Gasteiger partial charge in [-0.05, 0) is 36.1 Å². The third kappa shape index (κ3) is 4.10. The van der Waals surface area contributed by atoms with E-state index in [9.17, 15) is 4.79 Å². The van der Waals surface area contributed by atoms with E-state index < -0.39 is 0 Å². The van der Waals surface area contributed by atoms with E-state index in [4.69, 9.17) is 11.6 Å². The van der Waals surface area contributed by atoms with Crippen LogP contribution < -0.4 is 5.32 Å². The SMILES string of the molecule is Cc1ccccc1CCNC(=O)Cc1ccccc1Cl. The Hall–Kier alpha value is -1.80. The standard InChI is InChI=1S/C17H18ClNO/c1-13-6-2-3-7-14(13)10-11-19-17(20)12-15-8-4-5-9-16(15)18/h2-9H,10-12H2,1H3,(H,19,20). The molecule has 0 aliphatic carbocycles. The number of halogens is 1. The first-order valence-corrected chi connectivity index (χ1v) is 7.09. The molecule has 2 nitrogen and oxygen atoms in total. The minimum absolute atomic E-state index is 0.00619. The zero-order chi connectivity index (χ0) is 14.4. The quantitative estimate of drug-likeness (QED) is 0.895. The fraction of sp³-hybridized carbons (Fsp3) is 0.235. The molecule has 0 saturated carbocycles. The van der Waals surface area contributed by atoms with E-state index in [0.29, 0.717) is 18.0 Å². The molecule has 0 unspecified atom stereocenters. The molecule has 104 valence electrons. The summed E-state index contributed by atoms with van der Waals surface area (Å²) >= 11 is 6.04. The van der Waals surface area contributed by atoms with Crippen molar-refractivity contribution in [2.24, 2.45) is 0 Å². The lowest BCUT2D eigenvalue weighted by atomic mass is 10.1. The topological polar surface area (TPSA) is 29.1 Å². The maximum atomic E-state index is 11.9. The van der Waals surface area contributed by atoms with Crippen LogP contribution in [0.5, 0.6) is 0 Å². The Morgan fingerprint density at radius 3 is 2.40 bits per heavy atom. The fourth-order valence-corrected chi connectivity index (χ4v) is 2.31. The Kier molecular flexibility index (Phi) is 5.19. The summed E-state index contributed by atoms with van der Waals surface area (Å²) in [5, 5.41) is 3.58. The Morgan fingerprint density at radius 1 is 1.05 bits per heavy atom. The molecule has 0 atom stereocenters. The molecular formula is C17H18ClNO. The second kappa shape index (κ2) is 7.11. The van der Waals surface area contributed by atoms with Gasteiger partial charge in [0.05, 0.1) is 6.42 Å². The van der Waals surface area contributed by atoms with Gasteiger partial charge in [0.25, 0.3) is 0 Å². The number of rotatable bonds is 5. The molecule has 0 spiro atoms. The molecule has 2 rings (SSSR count). The van der Waals surface area contributed by atoms with Crippen LogP contribution in [0.15, 0.2) is 48.5 Å². The molecule has 0 aromatic heterocycles. The molecule has 2 aromatic rings. The summed E-state index contributed by atoms with van der Waals surface area (Å²) in [6, 6.07) is 15.7. The van der Waals surface area contributed by atoms with Crippen molar-refractivity contribution in [3.63, 3.8) is 0 Å².